The van der Waals surface area contributed by atoms with Gasteiger partial charge in [0.2, 0.25) is 0 Å². The lowest BCUT2D eigenvalue weighted by molar-refractivity contribution is -0.137. The molecule has 2 heterocycles. The van der Waals surface area contributed by atoms with Gasteiger partial charge in [0, 0.05) is 12.4 Å². The third-order valence-electron chi connectivity index (χ3n) is 2.35. The molecule has 2 rings (SSSR count). The summed E-state index contributed by atoms with van der Waals surface area (Å²) in [6, 6.07) is 0.741. The second-order valence-corrected chi connectivity index (χ2v) is 3.63. The fourth-order valence-corrected chi connectivity index (χ4v) is 1.42. The predicted octanol–water partition coefficient (Wildman–Crippen LogP) is 2.65. The van der Waals surface area contributed by atoms with Crippen LogP contribution in [0.2, 0.25) is 0 Å². The van der Waals surface area contributed by atoms with Crippen molar-refractivity contribution < 1.29 is 22.4 Å². The molecular formula is C11H8F3N3O2. The molecule has 5 nitrogen and oxygen atoms in total. The highest BCUT2D eigenvalue weighted by molar-refractivity contribution is 6.04. The molecule has 0 aromatic carbocycles. The molecule has 100 valence electrons. The van der Waals surface area contributed by atoms with Gasteiger partial charge in [0.05, 0.1) is 11.1 Å². The molecule has 0 fully saturated rings. The van der Waals surface area contributed by atoms with Crippen molar-refractivity contribution in [3.05, 3.63) is 41.7 Å². The predicted molar refractivity (Wildman–Crippen MR) is 58.4 cm³/mol. The van der Waals surface area contributed by atoms with Gasteiger partial charge in [-0.15, -0.1) is 0 Å². The number of halogens is 3. The van der Waals surface area contributed by atoms with E-state index in [0.29, 0.717) is 5.76 Å². The number of aryl methyl sites for hydroxylation is 1. The van der Waals surface area contributed by atoms with Crippen molar-refractivity contribution in [2.75, 3.05) is 5.32 Å². The SMILES string of the molecule is Cc1ocnc1NC(=O)c1cnccc1C(F)(F)F. The van der Waals surface area contributed by atoms with E-state index in [1.807, 2.05) is 0 Å². The lowest BCUT2D eigenvalue weighted by Crippen LogP contribution is -2.19. The Hall–Kier alpha value is -2.38. The first kappa shape index (κ1) is 13.1. The molecule has 0 radical (unpaired) electrons. The summed E-state index contributed by atoms with van der Waals surface area (Å²) >= 11 is 0. The van der Waals surface area contributed by atoms with Crippen LogP contribution in [0.4, 0.5) is 19.0 Å². The van der Waals surface area contributed by atoms with Gasteiger partial charge in [0.15, 0.2) is 12.2 Å². The fourth-order valence-electron chi connectivity index (χ4n) is 1.42. The van der Waals surface area contributed by atoms with Gasteiger partial charge < -0.3 is 9.73 Å². The van der Waals surface area contributed by atoms with Crippen molar-refractivity contribution in [2.24, 2.45) is 0 Å². The summed E-state index contributed by atoms with van der Waals surface area (Å²) in [5.74, 6) is -0.579. The van der Waals surface area contributed by atoms with E-state index in [-0.39, 0.29) is 5.82 Å². The molecule has 0 bridgehead atoms. The highest BCUT2D eigenvalue weighted by Crippen LogP contribution is 2.31. The van der Waals surface area contributed by atoms with Crippen molar-refractivity contribution in [1.82, 2.24) is 9.97 Å². The number of nitrogens with one attached hydrogen (secondary N) is 1. The molecular weight excluding hydrogens is 263 g/mol. The number of hydrogen-bond donors (Lipinski definition) is 1. The number of anilines is 1. The maximum atomic E-state index is 12.7. The molecule has 0 saturated carbocycles. The van der Waals surface area contributed by atoms with Gasteiger partial charge in [-0.3, -0.25) is 9.78 Å². The smallest absolute Gasteiger partial charge is 0.417 e. The molecule has 0 aliphatic rings. The molecule has 2 aromatic rings. The Labute approximate surface area is 105 Å². The summed E-state index contributed by atoms with van der Waals surface area (Å²) in [5, 5.41) is 2.24. The molecule has 0 saturated heterocycles. The first-order chi connectivity index (χ1) is 8.89. The van der Waals surface area contributed by atoms with E-state index < -0.39 is 23.2 Å². The number of aromatic nitrogens is 2. The van der Waals surface area contributed by atoms with E-state index in [1.54, 1.807) is 0 Å². The van der Waals surface area contributed by atoms with Crippen molar-refractivity contribution in [1.29, 1.82) is 0 Å². The fraction of sp³-hybridized carbons (Fsp3) is 0.182. The number of pyridine rings is 1. The maximum absolute atomic E-state index is 12.7. The van der Waals surface area contributed by atoms with Crippen LogP contribution in [0, 0.1) is 6.92 Å². The van der Waals surface area contributed by atoms with Crippen LogP contribution < -0.4 is 5.32 Å². The van der Waals surface area contributed by atoms with Gasteiger partial charge in [0.1, 0.15) is 5.76 Å². The highest BCUT2D eigenvalue weighted by atomic mass is 19.4. The van der Waals surface area contributed by atoms with Crippen LogP contribution in [0.3, 0.4) is 0 Å². The molecule has 0 aliphatic carbocycles. The number of amides is 1. The monoisotopic (exact) mass is 271 g/mol. The third-order valence-corrected chi connectivity index (χ3v) is 2.35. The summed E-state index contributed by atoms with van der Waals surface area (Å²) in [4.78, 5) is 19.0. The van der Waals surface area contributed by atoms with E-state index in [9.17, 15) is 18.0 Å². The van der Waals surface area contributed by atoms with Crippen LogP contribution >= 0.6 is 0 Å². The number of carbonyl (C=O) groups is 1. The lowest BCUT2D eigenvalue weighted by atomic mass is 10.1. The molecule has 8 heteroatoms. The molecule has 0 aliphatic heterocycles. The van der Waals surface area contributed by atoms with Gasteiger partial charge in [-0.05, 0) is 13.0 Å². The minimum absolute atomic E-state index is 0.0713. The highest BCUT2D eigenvalue weighted by Gasteiger charge is 2.35. The zero-order chi connectivity index (χ0) is 14.0. The number of carbonyl (C=O) groups excluding carboxylic acids is 1. The second kappa shape index (κ2) is 4.71. The van der Waals surface area contributed by atoms with Gasteiger partial charge in [0.25, 0.3) is 5.91 Å². The lowest BCUT2D eigenvalue weighted by Gasteiger charge is -2.11. The summed E-state index contributed by atoms with van der Waals surface area (Å²) in [5.41, 5.74) is -1.63. The Morgan fingerprint density at radius 3 is 2.74 bits per heavy atom. The molecule has 19 heavy (non-hydrogen) atoms. The molecule has 2 aromatic heterocycles. The summed E-state index contributed by atoms with van der Waals surface area (Å²) in [6.07, 6.45) is -1.72. The first-order valence-corrected chi connectivity index (χ1v) is 5.12. The Morgan fingerprint density at radius 2 is 2.16 bits per heavy atom. The molecule has 0 unspecified atom stereocenters. The van der Waals surface area contributed by atoms with Crippen molar-refractivity contribution in [3.8, 4) is 0 Å². The summed E-state index contributed by atoms with van der Waals surface area (Å²) < 4.78 is 43.0. The minimum atomic E-state index is -4.63. The topological polar surface area (TPSA) is 68.0 Å². The third kappa shape index (κ3) is 2.72. The van der Waals surface area contributed by atoms with E-state index in [0.717, 1.165) is 24.9 Å². The van der Waals surface area contributed by atoms with Crippen LogP contribution in [0.5, 0.6) is 0 Å². The van der Waals surface area contributed by atoms with Gasteiger partial charge in [-0.25, -0.2) is 0 Å². The minimum Gasteiger partial charge on any atom is -0.446 e. The van der Waals surface area contributed by atoms with Crippen LogP contribution in [0.25, 0.3) is 0 Å². The van der Waals surface area contributed by atoms with Crippen molar-refractivity contribution in [3.63, 3.8) is 0 Å². The van der Waals surface area contributed by atoms with Gasteiger partial charge >= 0.3 is 6.18 Å². The molecule has 1 amide bonds. The zero-order valence-electron chi connectivity index (χ0n) is 9.65. The summed E-state index contributed by atoms with van der Waals surface area (Å²) in [7, 11) is 0. The van der Waals surface area contributed by atoms with Crippen LogP contribution in [0.15, 0.2) is 29.3 Å². The van der Waals surface area contributed by atoms with Gasteiger partial charge in [-0.2, -0.15) is 18.2 Å². The quantitative estimate of drug-likeness (QED) is 0.911. The number of rotatable bonds is 2. The second-order valence-electron chi connectivity index (χ2n) is 3.63. The van der Waals surface area contributed by atoms with Crippen LogP contribution in [0.1, 0.15) is 21.7 Å². The molecule has 1 N–H and O–H groups in total. The van der Waals surface area contributed by atoms with Gasteiger partial charge in [-0.1, -0.05) is 0 Å². The standard InChI is InChI=1S/C11H8F3N3O2/c1-6-9(16-5-19-6)17-10(18)7-4-15-3-2-8(7)11(12,13)14/h2-5H,1H3,(H,17,18). The van der Waals surface area contributed by atoms with E-state index in [4.69, 9.17) is 4.42 Å². The Balaban J connectivity index is 2.32. The van der Waals surface area contributed by atoms with Crippen molar-refractivity contribution >= 4 is 11.7 Å². The Morgan fingerprint density at radius 1 is 1.42 bits per heavy atom. The van der Waals surface area contributed by atoms with E-state index >= 15 is 0 Å². The van der Waals surface area contributed by atoms with Crippen LogP contribution in [-0.4, -0.2) is 15.9 Å². The first-order valence-electron chi connectivity index (χ1n) is 5.12. The van der Waals surface area contributed by atoms with E-state index in [2.05, 4.69) is 15.3 Å². The maximum Gasteiger partial charge on any atom is 0.417 e. The zero-order valence-corrected chi connectivity index (χ0v) is 9.65. The number of alkyl halides is 3. The largest absolute Gasteiger partial charge is 0.446 e. The summed E-state index contributed by atoms with van der Waals surface area (Å²) in [6.45, 7) is 1.52. The molecule has 0 spiro atoms. The number of nitrogens with zero attached hydrogens (tertiary/aromatic N) is 2. The van der Waals surface area contributed by atoms with E-state index in [1.165, 1.54) is 6.92 Å². The number of oxazole rings is 1. The van der Waals surface area contributed by atoms with Crippen LogP contribution in [-0.2, 0) is 6.18 Å². The Kier molecular flexibility index (Phi) is 3.24. The number of hydrogen-bond acceptors (Lipinski definition) is 4. The van der Waals surface area contributed by atoms with Crippen molar-refractivity contribution in [2.45, 2.75) is 13.1 Å². The Bertz CT molecular complexity index is 607. The average molecular weight is 271 g/mol. The normalized spacial score (nSPS) is 11.4. The average Bonchev–Trinajstić information content (AvgIpc) is 2.74. The molecule has 0 atom stereocenters.